The van der Waals surface area contributed by atoms with Crippen molar-refractivity contribution in [2.24, 2.45) is 52.3 Å². The zero-order valence-electron chi connectivity index (χ0n) is 22.3. The maximum Gasteiger partial charge on any atom is 0.266 e. The Kier molecular flexibility index (Phi) is 7.93. The lowest BCUT2D eigenvalue weighted by atomic mass is 9.43. The van der Waals surface area contributed by atoms with Crippen LogP contribution < -0.4 is 5.32 Å². The van der Waals surface area contributed by atoms with Crippen LogP contribution in [0.4, 0.5) is 0 Å². The van der Waals surface area contributed by atoms with Crippen molar-refractivity contribution in [3.05, 3.63) is 0 Å². The van der Waals surface area contributed by atoms with Gasteiger partial charge in [0.15, 0.2) is 0 Å². The van der Waals surface area contributed by atoms with E-state index in [1.165, 1.54) is 0 Å². The molecule has 12 atom stereocenters. The van der Waals surface area contributed by atoms with Gasteiger partial charge in [-0.05, 0) is 97.7 Å². The van der Waals surface area contributed by atoms with E-state index in [9.17, 15) is 28.5 Å². The third-order valence-electron chi connectivity index (χ3n) is 11.4. The summed E-state index contributed by atoms with van der Waals surface area (Å²) >= 11 is 0. The summed E-state index contributed by atoms with van der Waals surface area (Å²) in [4.78, 5) is 12.5. The highest BCUT2D eigenvalue weighted by Crippen LogP contribution is 2.68. The first-order chi connectivity index (χ1) is 16.7. The number of carbonyl (C=O) groups is 1. The zero-order valence-corrected chi connectivity index (χ0v) is 23.1. The van der Waals surface area contributed by atoms with Crippen molar-refractivity contribution in [2.45, 2.75) is 97.4 Å². The van der Waals surface area contributed by atoms with Crippen LogP contribution in [0, 0.1) is 52.3 Å². The van der Waals surface area contributed by atoms with Crippen LogP contribution in [0.5, 0.6) is 0 Å². The predicted molar refractivity (Wildman–Crippen MR) is 136 cm³/mol. The minimum Gasteiger partial charge on any atom is -0.393 e. The monoisotopic (exact) mass is 529 g/mol. The number of aliphatic hydroxyl groups is 3. The Balaban J connectivity index is 1.46. The number of nitrogens with one attached hydrogen (secondary N) is 1. The summed E-state index contributed by atoms with van der Waals surface area (Å²) in [6.07, 6.45) is 5.33. The van der Waals surface area contributed by atoms with E-state index >= 15 is 0 Å². The van der Waals surface area contributed by atoms with Crippen LogP contribution in [-0.2, 0) is 14.9 Å². The molecule has 8 nitrogen and oxygen atoms in total. The molecule has 4 saturated carbocycles. The van der Waals surface area contributed by atoms with Gasteiger partial charge in [-0.25, -0.2) is 0 Å². The van der Waals surface area contributed by atoms with Crippen LogP contribution in [0.2, 0.25) is 0 Å². The Morgan fingerprint density at radius 1 is 1.03 bits per heavy atom. The molecular formula is C27H47NO7S. The molecule has 4 aliphatic carbocycles. The molecule has 0 saturated heterocycles. The summed E-state index contributed by atoms with van der Waals surface area (Å²) < 4.78 is 30.7. The van der Waals surface area contributed by atoms with Crippen molar-refractivity contribution in [1.82, 2.24) is 5.32 Å². The maximum absolute atomic E-state index is 12.5. The molecule has 1 amide bonds. The molecule has 0 bridgehead atoms. The molecule has 0 spiro atoms. The van der Waals surface area contributed by atoms with E-state index in [1.54, 1.807) is 0 Å². The first-order valence-corrected chi connectivity index (χ1v) is 15.6. The van der Waals surface area contributed by atoms with Crippen molar-refractivity contribution < 1.29 is 33.1 Å². The van der Waals surface area contributed by atoms with Crippen molar-refractivity contribution in [2.75, 3.05) is 12.3 Å². The summed E-state index contributed by atoms with van der Waals surface area (Å²) in [5.41, 5.74) is -0.274. The molecule has 4 rings (SSSR count). The van der Waals surface area contributed by atoms with Gasteiger partial charge in [-0.1, -0.05) is 27.7 Å². The SMILES string of the molecule is CC(C[C@@H](C)[C@H]1CCC2C3C(C[C@H](O)[C@@]21C)[C@@]1(C)CC[C@@H](O)CC1C[C@@H]3O)C(=O)NCCS(=O)(=O)O. The number of amides is 1. The van der Waals surface area contributed by atoms with Crippen molar-refractivity contribution in [1.29, 1.82) is 0 Å². The average Bonchev–Trinajstić information content (AvgIpc) is 3.13. The van der Waals surface area contributed by atoms with Gasteiger partial charge in [0.05, 0.1) is 24.1 Å². The molecule has 208 valence electrons. The molecule has 5 unspecified atom stereocenters. The molecule has 0 aromatic rings. The fourth-order valence-corrected chi connectivity index (χ4v) is 9.80. The number of fused-ring (bicyclic) bond motifs is 5. The molecule has 0 aromatic carbocycles. The second kappa shape index (κ2) is 10.1. The van der Waals surface area contributed by atoms with Gasteiger partial charge in [0.25, 0.3) is 10.1 Å². The summed E-state index contributed by atoms with van der Waals surface area (Å²) in [5, 5.41) is 36.0. The number of hydrogen-bond donors (Lipinski definition) is 5. The average molecular weight is 530 g/mol. The summed E-state index contributed by atoms with van der Waals surface area (Å²) in [7, 11) is -4.11. The summed E-state index contributed by atoms with van der Waals surface area (Å²) in [6, 6.07) is 0. The van der Waals surface area contributed by atoms with Gasteiger partial charge in [-0.15, -0.1) is 0 Å². The van der Waals surface area contributed by atoms with Crippen molar-refractivity contribution in [3.63, 3.8) is 0 Å². The van der Waals surface area contributed by atoms with E-state index in [0.717, 1.165) is 38.5 Å². The van der Waals surface area contributed by atoms with Crippen LogP contribution in [0.25, 0.3) is 0 Å². The Bertz CT molecular complexity index is 927. The van der Waals surface area contributed by atoms with E-state index < -0.39 is 28.1 Å². The number of aliphatic hydroxyl groups excluding tert-OH is 3. The van der Waals surface area contributed by atoms with Crippen molar-refractivity contribution >= 4 is 16.0 Å². The molecule has 0 aliphatic heterocycles. The first kappa shape index (κ1) is 28.3. The van der Waals surface area contributed by atoms with Crippen LogP contribution in [0.3, 0.4) is 0 Å². The van der Waals surface area contributed by atoms with Gasteiger partial charge in [-0.2, -0.15) is 8.42 Å². The summed E-state index contributed by atoms with van der Waals surface area (Å²) in [6.45, 7) is 8.41. The molecule has 0 radical (unpaired) electrons. The van der Waals surface area contributed by atoms with Gasteiger partial charge >= 0.3 is 0 Å². The Labute approximate surface area is 216 Å². The normalized spacial score (nSPS) is 46.2. The van der Waals surface area contributed by atoms with E-state index in [1.807, 2.05) is 6.92 Å². The highest BCUT2D eigenvalue weighted by molar-refractivity contribution is 7.85. The highest BCUT2D eigenvalue weighted by Gasteiger charge is 2.65. The van der Waals surface area contributed by atoms with Crippen molar-refractivity contribution in [3.8, 4) is 0 Å². The van der Waals surface area contributed by atoms with Gasteiger partial charge < -0.3 is 20.6 Å². The Morgan fingerprint density at radius 2 is 1.72 bits per heavy atom. The molecule has 9 heteroatoms. The number of carbonyl (C=O) groups excluding carboxylic acids is 1. The second-order valence-corrected chi connectivity index (χ2v) is 14.8. The van der Waals surface area contributed by atoms with Gasteiger partial charge in [0.1, 0.15) is 0 Å². The highest BCUT2D eigenvalue weighted by atomic mass is 32.2. The summed E-state index contributed by atoms with van der Waals surface area (Å²) in [5.74, 6) is 0.324. The van der Waals surface area contributed by atoms with Crippen LogP contribution >= 0.6 is 0 Å². The standard InChI is InChI=1S/C27H47NO7S/c1-15(11-16(2)25(32)28-9-10-36(33,34)35)19-5-6-20-24-21(14-23(31)27(19,20)4)26(3)8-7-18(29)12-17(26)13-22(24)30/h15-24,29-31H,5-14H2,1-4H3,(H,28,32)(H,33,34,35)/t15-,16?,17?,18-,19-,20?,21?,22+,23+,24?,26+,27-/m1/s1. The van der Waals surface area contributed by atoms with Crippen LogP contribution in [-0.4, -0.2) is 64.8 Å². The van der Waals surface area contributed by atoms with Gasteiger partial charge in [-0.3, -0.25) is 9.35 Å². The first-order valence-electron chi connectivity index (χ1n) is 14.0. The largest absolute Gasteiger partial charge is 0.393 e. The fraction of sp³-hybridized carbons (Fsp3) is 0.963. The quantitative estimate of drug-likeness (QED) is 0.319. The fourth-order valence-electron chi connectivity index (χ4n) is 9.44. The minimum atomic E-state index is -4.11. The molecule has 0 aromatic heterocycles. The molecule has 4 fully saturated rings. The minimum absolute atomic E-state index is 0.0454. The molecule has 36 heavy (non-hydrogen) atoms. The van der Waals surface area contributed by atoms with E-state index in [2.05, 4.69) is 26.1 Å². The molecular weight excluding hydrogens is 482 g/mol. The Morgan fingerprint density at radius 3 is 2.39 bits per heavy atom. The lowest BCUT2D eigenvalue weighted by molar-refractivity contribution is -0.207. The van der Waals surface area contributed by atoms with E-state index in [0.29, 0.717) is 18.8 Å². The van der Waals surface area contributed by atoms with Crippen LogP contribution in [0.1, 0.15) is 79.1 Å². The molecule has 4 aliphatic rings. The predicted octanol–water partition coefficient (Wildman–Crippen LogP) is 2.61. The Hall–Kier alpha value is -0.740. The zero-order chi connectivity index (χ0) is 26.6. The third kappa shape index (κ3) is 4.99. The molecule has 5 N–H and O–H groups in total. The van der Waals surface area contributed by atoms with Gasteiger partial charge in [0, 0.05) is 12.5 Å². The molecule has 0 heterocycles. The smallest absolute Gasteiger partial charge is 0.266 e. The van der Waals surface area contributed by atoms with Gasteiger partial charge in [0.2, 0.25) is 5.91 Å². The van der Waals surface area contributed by atoms with E-state index in [4.69, 9.17) is 4.55 Å². The van der Waals surface area contributed by atoms with Crippen LogP contribution in [0.15, 0.2) is 0 Å². The number of rotatable bonds is 7. The topological polar surface area (TPSA) is 144 Å². The third-order valence-corrected chi connectivity index (χ3v) is 12.1. The number of hydrogen-bond acceptors (Lipinski definition) is 6. The lowest BCUT2D eigenvalue weighted by Gasteiger charge is -2.63. The maximum atomic E-state index is 12.5. The lowest BCUT2D eigenvalue weighted by Crippen LogP contribution is -2.62. The second-order valence-electron chi connectivity index (χ2n) is 13.2. The van der Waals surface area contributed by atoms with E-state index in [-0.39, 0.29) is 64.9 Å².